The number of hydrogen-bond donors (Lipinski definition) is 1. The van der Waals surface area contributed by atoms with Crippen molar-refractivity contribution in [2.45, 2.75) is 19.3 Å². The van der Waals surface area contributed by atoms with Gasteiger partial charge in [0.2, 0.25) is 11.8 Å². The number of fused-ring (bicyclic) bond motifs is 4. The van der Waals surface area contributed by atoms with E-state index in [0.717, 1.165) is 0 Å². The van der Waals surface area contributed by atoms with Crippen molar-refractivity contribution in [1.82, 2.24) is 4.57 Å². The second-order valence-electron chi connectivity index (χ2n) is 7.04. The minimum atomic E-state index is -1.74. The number of amides is 1. The fourth-order valence-electron chi connectivity index (χ4n) is 4.30. The summed E-state index contributed by atoms with van der Waals surface area (Å²) >= 11 is 0. The maximum absolute atomic E-state index is 13.9. The van der Waals surface area contributed by atoms with E-state index in [9.17, 15) is 14.4 Å². The maximum Gasteiger partial charge on any atom is 0.340 e. The number of nitrogens with two attached hydrogens (primary N) is 1. The smallest absolute Gasteiger partial charge is 0.340 e. The SMILES string of the molecule is CCN1C(=O)[C@@]2(C(C(=O)OC)=C(N)Oc3cc(C)n(C)c(=O)c32)c2ccccc21. The number of esters is 1. The summed E-state index contributed by atoms with van der Waals surface area (Å²) in [6.45, 7) is 3.93. The number of para-hydroxylation sites is 1. The van der Waals surface area contributed by atoms with Crippen LogP contribution in [0.1, 0.15) is 23.7 Å². The van der Waals surface area contributed by atoms with Crippen LogP contribution in [0.5, 0.6) is 5.75 Å². The monoisotopic (exact) mass is 395 g/mol. The molecule has 8 heteroatoms. The first-order valence-corrected chi connectivity index (χ1v) is 9.19. The number of benzene rings is 1. The quantitative estimate of drug-likeness (QED) is 0.764. The van der Waals surface area contributed by atoms with Crippen molar-refractivity contribution in [2.75, 3.05) is 18.6 Å². The first-order valence-electron chi connectivity index (χ1n) is 9.19. The van der Waals surface area contributed by atoms with Gasteiger partial charge in [0.25, 0.3) is 5.56 Å². The Balaban J connectivity index is 2.24. The van der Waals surface area contributed by atoms with E-state index in [4.69, 9.17) is 15.2 Å². The molecule has 2 aromatic rings. The molecule has 1 amide bonds. The molecule has 150 valence electrons. The lowest BCUT2D eigenvalue weighted by molar-refractivity contribution is -0.138. The normalized spacial score (nSPS) is 19.9. The van der Waals surface area contributed by atoms with Gasteiger partial charge in [-0.1, -0.05) is 18.2 Å². The number of rotatable bonds is 2. The van der Waals surface area contributed by atoms with Crippen molar-refractivity contribution in [3.8, 4) is 5.75 Å². The summed E-state index contributed by atoms with van der Waals surface area (Å²) in [6, 6.07) is 8.71. The largest absolute Gasteiger partial charge is 0.465 e. The lowest BCUT2D eigenvalue weighted by atomic mass is 9.68. The topological polar surface area (TPSA) is 104 Å². The van der Waals surface area contributed by atoms with Crippen LogP contribution in [0, 0.1) is 6.92 Å². The third-order valence-electron chi connectivity index (χ3n) is 5.72. The molecule has 3 heterocycles. The van der Waals surface area contributed by atoms with Crippen molar-refractivity contribution in [1.29, 1.82) is 0 Å². The van der Waals surface area contributed by atoms with Gasteiger partial charge in [0.1, 0.15) is 16.7 Å². The van der Waals surface area contributed by atoms with Crippen molar-refractivity contribution >= 4 is 17.6 Å². The minimum Gasteiger partial charge on any atom is -0.465 e. The summed E-state index contributed by atoms with van der Waals surface area (Å²) in [5, 5.41) is 0. The number of anilines is 1. The number of nitrogens with zero attached hydrogens (tertiary/aromatic N) is 2. The van der Waals surface area contributed by atoms with Gasteiger partial charge in [0.15, 0.2) is 0 Å². The van der Waals surface area contributed by atoms with E-state index in [0.29, 0.717) is 23.5 Å². The van der Waals surface area contributed by atoms with Crippen LogP contribution in [-0.4, -0.2) is 30.1 Å². The van der Waals surface area contributed by atoms with E-state index in [-0.39, 0.29) is 22.8 Å². The first kappa shape index (κ1) is 18.8. The predicted octanol–water partition coefficient (Wildman–Crippen LogP) is 1.08. The average molecular weight is 395 g/mol. The number of carbonyl (C=O) groups is 2. The van der Waals surface area contributed by atoms with Crippen LogP contribution in [0.15, 0.2) is 46.6 Å². The van der Waals surface area contributed by atoms with Crippen molar-refractivity contribution in [3.63, 3.8) is 0 Å². The Labute approximate surface area is 167 Å². The maximum atomic E-state index is 13.9. The molecule has 4 rings (SSSR count). The molecule has 0 radical (unpaired) electrons. The lowest BCUT2D eigenvalue weighted by Gasteiger charge is -2.35. The minimum absolute atomic E-state index is 0.0635. The summed E-state index contributed by atoms with van der Waals surface area (Å²) in [5.41, 5.74) is 5.60. The van der Waals surface area contributed by atoms with Crippen LogP contribution in [0.25, 0.3) is 0 Å². The number of aryl methyl sites for hydroxylation is 1. The van der Waals surface area contributed by atoms with Crippen molar-refractivity contribution in [2.24, 2.45) is 12.8 Å². The van der Waals surface area contributed by atoms with Gasteiger partial charge in [-0.25, -0.2) is 4.79 Å². The summed E-state index contributed by atoms with van der Waals surface area (Å²) < 4.78 is 12.0. The van der Waals surface area contributed by atoms with Crippen molar-refractivity contribution in [3.05, 3.63) is 69.0 Å². The molecule has 0 saturated heterocycles. The second kappa shape index (κ2) is 6.23. The van der Waals surface area contributed by atoms with Gasteiger partial charge < -0.3 is 24.7 Å². The number of pyridine rings is 1. The first-order chi connectivity index (χ1) is 13.8. The molecule has 1 aromatic heterocycles. The lowest BCUT2D eigenvalue weighted by Crippen LogP contribution is -2.51. The predicted molar refractivity (Wildman–Crippen MR) is 106 cm³/mol. The number of ether oxygens (including phenoxy) is 2. The molecule has 0 aliphatic carbocycles. The molecule has 1 spiro atoms. The average Bonchev–Trinajstić information content (AvgIpc) is 2.94. The number of carbonyl (C=O) groups excluding carboxylic acids is 2. The Hall–Kier alpha value is -3.55. The molecule has 1 aromatic carbocycles. The van der Waals surface area contributed by atoms with Gasteiger partial charge in [-0.2, -0.15) is 0 Å². The number of likely N-dealkylation sites (N-methyl/N-ethyl adjacent to an activating group) is 1. The van der Waals surface area contributed by atoms with Gasteiger partial charge in [0, 0.05) is 36.6 Å². The highest BCUT2D eigenvalue weighted by molar-refractivity contribution is 6.18. The van der Waals surface area contributed by atoms with Gasteiger partial charge in [-0.15, -0.1) is 0 Å². The third-order valence-corrected chi connectivity index (χ3v) is 5.72. The molecular weight excluding hydrogens is 374 g/mol. The summed E-state index contributed by atoms with van der Waals surface area (Å²) in [4.78, 5) is 41.7. The Morgan fingerprint density at radius 3 is 2.62 bits per heavy atom. The Morgan fingerprint density at radius 2 is 1.97 bits per heavy atom. The third kappa shape index (κ3) is 2.16. The van der Waals surface area contributed by atoms with Gasteiger partial charge in [-0.3, -0.25) is 9.59 Å². The molecule has 1 atom stereocenters. The van der Waals surface area contributed by atoms with Gasteiger partial charge >= 0.3 is 5.97 Å². The summed E-state index contributed by atoms with van der Waals surface area (Å²) in [7, 11) is 2.80. The zero-order valence-electron chi connectivity index (χ0n) is 16.6. The van der Waals surface area contributed by atoms with Gasteiger partial charge in [-0.05, 0) is 19.9 Å². The van der Waals surface area contributed by atoms with Crippen LogP contribution in [0.3, 0.4) is 0 Å². The molecule has 2 aliphatic rings. The van der Waals surface area contributed by atoms with Crippen LogP contribution >= 0.6 is 0 Å². The Kier molecular flexibility index (Phi) is 4.04. The molecule has 0 fully saturated rings. The fourth-order valence-corrected chi connectivity index (χ4v) is 4.30. The zero-order valence-corrected chi connectivity index (χ0v) is 16.6. The van der Waals surface area contributed by atoms with Crippen LogP contribution in [0.2, 0.25) is 0 Å². The summed E-state index contributed by atoms with van der Waals surface area (Å²) in [6.07, 6.45) is 0. The Morgan fingerprint density at radius 1 is 1.28 bits per heavy atom. The van der Waals surface area contributed by atoms with Gasteiger partial charge in [0.05, 0.1) is 12.7 Å². The number of methoxy groups -OCH3 is 1. The van der Waals surface area contributed by atoms with E-state index in [1.54, 1.807) is 49.2 Å². The number of hydrogen-bond acceptors (Lipinski definition) is 6. The standard InChI is InChI=1S/C21H21N3O5/c1-5-24-13-9-7-6-8-12(13)21(20(24)27)15-14(10-11(2)23(3)18(15)25)29-17(22)16(21)19(26)28-4/h6-10H,5,22H2,1-4H3/t21-/m0/s1. The fraction of sp³-hybridized carbons (Fsp3) is 0.286. The van der Waals surface area contributed by atoms with Crippen LogP contribution in [0.4, 0.5) is 5.69 Å². The molecule has 8 nitrogen and oxygen atoms in total. The van der Waals surface area contributed by atoms with Crippen LogP contribution < -0.4 is 20.9 Å². The molecule has 2 N–H and O–H groups in total. The van der Waals surface area contributed by atoms with E-state index in [1.807, 2.05) is 6.92 Å². The van der Waals surface area contributed by atoms with E-state index >= 15 is 0 Å². The van der Waals surface area contributed by atoms with Crippen molar-refractivity contribution < 1.29 is 19.1 Å². The highest BCUT2D eigenvalue weighted by Gasteiger charge is 2.62. The molecular formula is C21H21N3O5. The zero-order chi connectivity index (χ0) is 21.1. The molecule has 0 unspecified atom stereocenters. The molecule has 0 bridgehead atoms. The van der Waals surface area contributed by atoms with E-state index in [2.05, 4.69) is 0 Å². The Bertz CT molecular complexity index is 1160. The highest BCUT2D eigenvalue weighted by atomic mass is 16.5. The second-order valence-corrected chi connectivity index (χ2v) is 7.04. The number of aromatic nitrogens is 1. The molecule has 2 aliphatic heterocycles. The molecule has 29 heavy (non-hydrogen) atoms. The van der Waals surface area contributed by atoms with Crippen LogP contribution in [-0.2, 0) is 26.8 Å². The summed E-state index contributed by atoms with van der Waals surface area (Å²) in [5.74, 6) is -1.35. The van der Waals surface area contributed by atoms with E-state index in [1.165, 1.54) is 11.7 Å². The molecule has 0 saturated carbocycles. The highest BCUT2D eigenvalue weighted by Crippen LogP contribution is 2.54. The van der Waals surface area contributed by atoms with E-state index < -0.39 is 22.9 Å².